The van der Waals surface area contributed by atoms with E-state index in [0.717, 1.165) is 48.1 Å². The third kappa shape index (κ3) is 6.18. The molecule has 3 aromatic heterocycles. The summed E-state index contributed by atoms with van der Waals surface area (Å²) in [6.07, 6.45) is 8.01. The molecule has 4 aromatic rings. The summed E-state index contributed by atoms with van der Waals surface area (Å²) in [6.45, 7) is 9.72. The number of pyridine rings is 1. The molecule has 2 N–H and O–H groups in total. The molecule has 8 nitrogen and oxygen atoms in total. The van der Waals surface area contributed by atoms with Crippen LogP contribution >= 0.6 is 11.3 Å². The van der Waals surface area contributed by atoms with E-state index in [0.29, 0.717) is 29.4 Å². The molecule has 1 aromatic carbocycles. The molecule has 0 atom stereocenters. The second-order valence-corrected chi connectivity index (χ2v) is 11.8. The zero-order valence-corrected chi connectivity index (χ0v) is 23.3. The van der Waals surface area contributed by atoms with E-state index in [1.807, 2.05) is 30.5 Å². The molecule has 0 bridgehead atoms. The average Bonchev–Trinajstić information content (AvgIpc) is 3.60. The lowest BCUT2D eigenvalue weighted by Gasteiger charge is -2.36. The van der Waals surface area contributed by atoms with Gasteiger partial charge in [-0.1, -0.05) is 36.3 Å². The Morgan fingerprint density at radius 1 is 1.00 bits per heavy atom. The molecule has 1 aliphatic carbocycles. The predicted octanol–water partition coefficient (Wildman–Crippen LogP) is 5.91. The SMILES string of the molecule is CC(C)N1CCN(Cc2ccc(Nc3ncc(F)c(-c4ccc5nc(NC6CCCC6)sc5c4)n3)nc2)CC1. The number of nitrogens with one attached hydrogen (secondary N) is 2. The Labute approximate surface area is 232 Å². The van der Waals surface area contributed by atoms with Crippen molar-refractivity contribution in [1.29, 1.82) is 0 Å². The van der Waals surface area contributed by atoms with Gasteiger partial charge in [-0.2, -0.15) is 0 Å². The molecule has 10 heteroatoms. The van der Waals surface area contributed by atoms with Gasteiger partial charge in [0.1, 0.15) is 11.5 Å². The van der Waals surface area contributed by atoms with E-state index >= 15 is 0 Å². The molecular weight excluding hydrogens is 511 g/mol. The van der Waals surface area contributed by atoms with Gasteiger partial charge < -0.3 is 10.6 Å². The Balaban J connectivity index is 1.12. The van der Waals surface area contributed by atoms with Crippen LogP contribution in [0.15, 0.2) is 42.7 Å². The number of hydrogen-bond donors (Lipinski definition) is 2. The van der Waals surface area contributed by atoms with Crippen LogP contribution in [0.4, 0.5) is 21.3 Å². The first-order chi connectivity index (χ1) is 19.0. The van der Waals surface area contributed by atoms with Crippen molar-refractivity contribution in [3.63, 3.8) is 0 Å². The van der Waals surface area contributed by atoms with E-state index in [-0.39, 0.29) is 5.69 Å². The Bertz CT molecular complexity index is 1410. The highest BCUT2D eigenvalue weighted by Crippen LogP contribution is 2.33. The van der Waals surface area contributed by atoms with Crippen LogP contribution in [0.5, 0.6) is 0 Å². The molecule has 204 valence electrons. The minimum Gasteiger partial charge on any atom is -0.359 e. The van der Waals surface area contributed by atoms with Gasteiger partial charge in [-0.05, 0) is 50.5 Å². The van der Waals surface area contributed by atoms with Crippen molar-refractivity contribution in [3.8, 4) is 11.3 Å². The quantitative estimate of drug-likeness (QED) is 0.282. The van der Waals surface area contributed by atoms with Crippen molar-refractivity contribution in [2.45, 2.75) is 58.2 Å². The van der Waals surface area contributed by atoms with Crippen LogP contribution in [0.25, 0.3) is 21.5 Å². The number of nitrogens with zero attached hydrogens (tertiary/aromatic N) is 6. The summed E-state index contributed by atoms with van der Waals surface area (Å²) in [6, 6.07) is 10.8. The summed E-state index contributed by atoms with van der Waals surface area (Å²) in [5.74, 6) is 0.473. The number of fused-ring (bicyclic) bond motifs is 1. The van der Waals surface area contributed by atoms with Crippen LogP contribution in [0.3, 0.4) is 0 Å². The van der Waals surface area contributed by atoms with Crippen molar-refractivity contribution in [1.82, 2.24) is 29.7 Å². The fraction of sp³-hybridized carbons (Fsp3) is 0.448. The van der Waals surface area contributed by atoms with Gasteiger partial charge in [0.05, 0.1) is 16.4 Å². The molecule has 1 saturated heterocycles. The van der Waals surface area contributed by atoms with E-state index in [2.05, 4.69) is 55.3 Å². The van der Waals surface area contributed by atoms with E-state index in [9.17, 15) is 4.39 Å². The van der Waals surface area contributed by atoms with Crippen LogP contribution in [-0.4, -0.2) is 68.0 Å². The second kappa shape index (κ2) is 11.5. The minimum atomic E-state index is -0.463. The maximum Gasteiger partial charge on any atom is 0.229 e. The third-order valence-electron chi connectivity index (χ3n) is 7.70. The molecule has 0 spiro atoms. The lowest BCUT2D eigenvalue weighted by molar-refractivity contribution is 0.104. The predicted molar refractivity (Wildman–Crippen MR) is 156 cm³/mol. The highest BCUT2D eigenvalue weighted by molar-refractivity contribution is 7.22. The molecule has 0 unspecified atom stereocenters. The number of halogens is 1. The summed E-state index contributed by atoms with van der Waals surface area (Å²) in [5.41, 5.74) is 3.02. The third-order valence-corrected chi connectivity index (χ3v) is 8.65. The molecular formula is C29H35FN8S. The van der Waals surface area contributed by atoms with Crippen molar-refractivity contribution >= 4 is 38.5 Å². The van der Waals surface area contributed by atoms with E-state index < -0.39 is 5.82 Å². The summed E-state index contributed by atoms with van der Waals surface area (Å²) in [5, 5.41) is 7.61. The zero-order chi connectivity index (χ0) is 26.8. The van der Waals surface area contributed by atoms with Crippen LogP contribution in [-0.2, 0) is 6.54 Å². The molecule has 2 fully saturated rings. The Hall–Kier alpha value is -3.21. The van der Waals surface area contributed by atoms with Gasteiger partial charge in [0.2, 0.25) is 5.95 Å². The molecule has 1 aliphatic heterocycles. The van der Waals surface area contributed by atoms with Crippen molar-refractivity contribution in [2.24, 2.45) is 0 Å². The zero-order valence-electron chi connectivity index (χ0n) is 22.5. The molecule has 0 radical (unpaired) electrons. The number of piperazine rings is 1. The standard InChI is InChI=1S/C29H35FN8S/c1-19(2)38-13-11-37(12-14-38)18-20-7-10-26(31-16-20)35-28-32-17-23(30)27(36-28)21-8-9-24-25(15-21)39-29(34-24)33-22-5-3-4-6-22/h7-10,15-17,19,22H,3-6,11-14,18H2,1-2H3,(H,33,34)(H,31,32,35,36). The lowest BCUT2D eigenvalue weighted by atomic mass is 10.1. The summed E-state index contributed by atoms with van der Waals surface area (Å²) in [4.78, 5) is 22.9. The van der Waals surface area contributed by atoms with Crippen LogP contribution in [0, 0.1) is 5.82 Å². The fourth-order valence-electron chi connectivity index (χ4n) is 5.41. The summed E-state index contributed by atoms with van der Waals surface area (Å²) in [7, 11) is 0. The van der Waals surface area contributed by atoms with E-state index in [1.54, 1.807) is 11.3 Å². The maximum atomic E-state index is 14.8. The highest BCUT2D eigenvalue weighted by Gasteiger charge is 2.19. The lowest BCUT2D eigenvalue weighted by Crippen LogP contribution is -2.48. The van der Waals surface area contributed by atoms with Gasteiger partial charge in [-0.25, -0.2) is 24.3 Å². The van der Waals surface area contributed by atoms with E-state index in [4.69, 9.17) is 4.98 Å². The minimum absolute atomic E-state index is 0.255. The first-order valence-corrected chi connectivity index (χ1v) is 14.7. The second-order valence-electron chi connectivity index (χ2n) is 10.8. The summed E-state index contributed by atoms with van der Waals surface area (Å²) >= 11 is 1.60. The van der Waals surface area contributed by atoms with Gasteiger partial charge in [0.25, 0.3) is 0 Å². The molecule has 2 aliphatic rings. The molecule has 39 heavy (non-hydrogen) atoms. The largest absolute Gasteiger partial charge is 0.359 e. The van der Waals surface area contributed by atoms with Crippen LogP contribution < -0.4 is 10.6 Å². The normalized spacial score (nSPS) is 17.3. The fourth-order valence-corrected chi connectivity index (χ4v) is 6.39. The monoisotopic (exact) mass is 546 g/mol. The maximum absolute atomic E-state index is 14.8. The van der Waals surface area contributed by atoms with Gasteiger partial charge >= 0.3 is 0 Å². The summed E-state index contributed by atoms with van der Waals surface area (Å²) < 4.78 is 15.8. The number of aromatic nitrogens is 4. The number of rotatable bonds is 8. The Morgan fingerprint density at radius 3 is 2.56 bits per heavy atom. The molecule has 0 amide bonds. The topological polar surface area (TPSA) is 82.1 Å². The van der Waals surface area contributed by atoms with Gasteiger partial charge in [0, 0.05) is 56.6 Å². The number of anilines is 3. The van der Waals surface area contributed by atoms with Gasteiger partial charge in [-0.15, -0.1) is 0 Å². The highest BCUT2D eigenvalue weighted by atomic mass is 32.1. The van der Waals surface area contributed by atoms with Crippen molar-refractivity contribution in [2.75, 3.05) is 36.8 Å². The average molecular weight is 547 g/mol. The number of hydrogen-bond acceptors (Lipinski definition) is 9. The van der Waals surface area contributed by atoms with Gasteiger partial charge in [-0.3, -0.25) is 9.80 Å². The van der Waals surface area contributed by atoms with Crippen molar-refractivity contribution < 1.29 is 4.39 Å². The Kier molecular flexibility index (Phi) is 7.67. The van der Waals surface area contributed by atoms with Crippen LogP contribution in [0.1, 0.15) is 45.1 Å². The number of benzene rings is 1. The molecule has 4 heterocycles. The number of thiazole rings is 1. The smallest absolute Gasteiger partial charge is 0.229 e. The molecule has 6 rings (SSSR count). The first-order valence-electron chi connectivity index (χ1n) is 13.9. The van der Waals surface area contributed by atoms with Gasteiger partial charge in [0.15, 0.2) is 10.9 Å². The van der Waals surface area contributed by atoms with Crippen LogP contribution in [0.2, 0.25) is 0 Å². The first kappa shape index (κ1) is 26.0. The Morgan fingerprint density at radius 2 is 1.82 bits per heavy atom. The van der Waals surface area contributed by atoms with E-state index in [1.165, 1.54) is 37.4 Å². The van der Waals surface area contributed by atoms with Crippen molar-refractivity contribution in [3.05, 3.63) is 54.1 Å². The molecule has 1 saturated carbocycles.